The van der Waals surface area contributed by atoms with E-state index in [1.165, 1.54) is 13.8 Å². The fraction of sp³-hybridized carbons (Fsp3) is 0.838. The molecule has 2 bridgehead atoms. The number of fused-ring (bicyclic) bond motifs is 5. The van der Waals surface area contributed by atoms with Crippen molar-refractivity contribution in [1.29, 1.82) is 0 Å². The average Bonchev–Trinajstić information content (AvgIpc) is 3.01. The van der Waals surface area contributed by atoms with Crippen LogP contribution in [0.4, 0.5) is 0 Å². The molecule has 3 saturated heterocycles. The zero-order valence-corrected chi connectivity index (χ0v) is 31.4. The highest BCUT2D eigenvalue weighted by Gasteiger charge is 2.52. The Bertz CT molecular complexity index is 1200. The third-order valence-corrected chi connectivity index (χ3v) is 11.1. The summed E-state index contributed by atoms with van der Waals surface area (Å²) < 4.78 is 31.9. The Morgan fingerprint density at radius 1 is 1.12 bits per heavy atom. The molecule has 0 aromatic carbocycles. The van der Waals surface area contributed by atoms with Crippen molar-refractivity contribution in [2.24, 2.45) is 34.6 Å². The van der Waals surface area contributed by atoms with Crippen molar-refractivity contribution in [3.05, 3.63) is 12.2 Å². The molecule has 3 rings (SSSR count). The smallest absolute Gasteiger partial charge is 0.316 e. The summed E-state index contributed by atoms with van der Waals surface area (Å²) in [4.78, 5) is 47.1. The second-order valence-electron chi connectivity index (χ2n) is 15.2. The van der Waals surface area contributed by atoms with Crippen molar-refractivity contribution >= 4 is 23.4 Å². The van der Waals surface area contributed by atoms with Gasteiger partial charge in [0.05, 0.1) is 30.5 Å². The van der Waals surface area contributed by atoms with Gasteiger partial charge in [-0.1, -0.05) is 39.8 Å². The van der Waals surface area contributed by atoms with Crippen LogP contribution in [0.5, 0.6) is 0 Å². The van der Waals surface area contributed by atoms with Crippen LogP contribution in [0.25, 0.3) is 0 Å². The Labute approximate surface area is 288 Å². The molecule has 0 amide bonds. The predicted octanol–water partition coefficient (Wildman–Crippen LogP) is 4.77. The summed E-state index contributed by atoms with van der Waals surface area (Å²) in [6, 6.07) is -0.212. The quantitative estimate of drug-likeness (QED) is 0.246. The largest absolute Gasteiger partial charge is 0.459 e. The number of rotatable bonds is 5. The molecule has 0 aromatic heterocycles. The normalized spacial score (nSPS) is 43.2. The van der Waals surface area contributed by atoms with Gasteiger partial charge in [0.2, 0.25) is 0 Å². The van der Waals surface area contributed by atoms with Crippen LogP contribution in [-0.4, -0.2) is 109 Å². The van der Waals surface area contributed by atoms with E-state index in [4.69, 9.17) is 28.7 Å². The maximum Gasteiger partial charge on any atom is 0.316 e. The van der Waals surface area contributed by atoms with Crippen LogP contribution in [0.3, 0.4) is 0 Å². The van der Waals surface area contributed by atoms with Gasteiger partial charge in [-0.15, -0.1) is 0 Å². The maximum absolute atomic E-state index is 14.3. The van der Waals surface area contributed by atoms with Gasteiger partial charge in [0.15, 0.2) is 18.2 Å². The number of likely N-dealkylation sites (N-methyl/N-ethyl adjacent to an activating group) is 1. The summed E-state index contributed by atoms with van der Waals surface area (Å²) in [6.45, 7) is 20.8. The fourth-order valence-electron chi connectivity index (χ4n) is 8.44. The molecule has 11 nitrogen and oxygen atoms in total. The molecule has 0 radical (unpaired) electrons. The zero-order chi connectivity index (χ0) is 36.3. The molecule has 0 saturated carbocycles. The molecule has 48 heavy (non-hydrogen) atoms. The first-order valence-corrected chi connectivity index (χ1v) is 17.7. The molecule has 3 fully saturated rings. The van der Waals surface area contributed by atoms with Gasteiger partial charge >= 0.3 is 11.9 Å². The molecular weight excluding hydrogens is 616 g/mol. The van der Waals surface area contributed by atoms with Gasteiger partial charge < -0.3 is 33.7 Å². The van der Waals surface area contributed by atoms with E-state index in [0.29, 0.717) is 32.1 Å². The third-order valence-electron chi connectivity index (χ3n) is 11.1. The number of cyclic esters (lactones) is 1. The molecule has 4 unspecified atom stereocenters. The highest BCUT2D eigenvalue weighted by molar-refractivity contribution is 6.00. The van der Waals surface area contributed by atoms with Gasteiger partial charge in [0.25, 0.3) is 0 Å². The van der Waals surface area contributed by atoms with E-state index >= 15 is 0 Å². The standard InChI is InChI=1S/C37H62N2O9/c1-14-29-37(10,43)27-16-15-20(2)19-44-36(9,18-21(3)30(38-11)23(27)5)33(24(6)31(41)25(7)34(42)47-29)48-35-32(46-26(8)40)28(39(12)13)17-22(4)45-35/h21-25,27-29,32-33,35,43H,2,14-19H2,1,3-13H3/t21-,22?,23-,24+,25?,27-,28?,29-,32-,33-,35?,36-,37+/m1/s1. The number of hydrogen-bond acceptors (Lipinski definition) is 11. The minimum absolute atomic E-state index is 0.152. The van der Waals surface area contributed by atoms with Gasteiger partial charge in [-0.05, 0) is 91.6 Å². The first kappa shape index (κ1) is 40.3. The highest BCUT2D eigenvalue weighted by atomic mass is 16.7. The van der Waals surface area contributed by atoms with E-state index in [1.54, 1.807) is 20.9 Å². The summed E-state index contributed by atoms with van der Waals surface area (Å²) in [7, 11) is 5.59. The van der Waals surface area contributed by atoms with Crippen LogP contribution in [0, 0.1) is 29.6 Å². The molecule has 0 spiro atoms. The van der Waals surface area contributed by atoms with Crippen LogP contribution >= 0.6 is 0 Å². The third kappa shape index (κ3) is 8.75. The monoisotopic (exact) mass is 678 g/mol. The van der Waals surface area contributed by atoms with Gasteiger partial charge in [-0.25, -0.2) is 0 Å². The summed E-state index contributed by atoms with van der Waals surface area (Å²) in [5, 5.41) is 12.2. The van der Waals surface area contributed by atoms with Crippen LogP contribution in [-0.2, 0) is 38.1 Å². The van der Waals surface area contributed by atoms with Gasteiger partial charge in [0, 0.05) is 25.6 Å². The second kappa shape index (κ2) is 16.2. The Morgan fingerprint density at radius 3 is 2.33 bits per heavy atom. The number of ether oxygens (including phenoxy) is 5. The van der Waals surface area contributed by atoms with Gasteiger partial charge in [-0.2, -0.15) is 0 Å². The fourth-order valence-corrected chi connectivity index (χ4v) is 8.44. The number of aliphatic imine (C=N–C) groups is 1. The van der Waals surface area contributed by atoms with Crippen molar-refractivity contribution < 1.29 is 43.2 Å². The van der Waals surface area contributed by atoms with Crippen molar-refractivity contribution in [2.75, 3.05) is 27.7 Å². The molecule has 0 aliphatic carbocycles. The lowest BCUT2D eigenvalue weighted by Crippen LogP contribution is -2.60. The highest BCUT2D eigenvalue weighted by Crippen LogP contribution is 2.43. The molecule has 3 aliphatic heterocycles. The number of carbonyl (C=O) groups excluding carboxylic acids is 3. The molecule has 0 aromatic rings. The predicted molar refractivity (Wildman–Crippen MR) is 184 cm³/mol. The van der Waals surface area contributed by atoms with Crippen molar-refractivity contribution in [2.45, 2.75) is 142 Å². The Kier molecular flexibility index (Phi) is 13.6. The van der Waals surface area contributed by atoms with Crippen molar-refractivity contribution in [1.82, 2.24) is 4.90 Å². The lowest BCUT2D eigenvalue weighted by atomic mass is 9.68. The summed E-state index contributed by atoms with van der Waals surface area (Å²) in [5.74, 6) is -4.25. The molecule has 274 valence electrons. The number of carbonyl (C=O) groups is 3. The lowest BCUT2D eigenvalue weighted by Gasteiger charge is -2.48. The van der Waals surface area contributed by atoms with E-state index in [2.05, 4.69) is 20.4 Å². The van der Waals surface area contributed by atoms with Crippen molar-refractivity contribution in [3.8, 4) is 0 Å². The first-order chi connectivity index (χ1) is 22.3. The number of Topliss-reactive ketones (excluding diaryl/α,β-unsaturated/α-hetero) is 1. The molecule has 3 heterocycles. The van der Waals surface area contributed by atoms with E-state index in [9.17, 15) is 19.5 Å². The topological polar surface area (TPSA) is 133 Å². The minimum Gasteiger partial charge on any atom is -0.459 e. The van der Waals surface area contributed by atoms with E-state index in [1.807, 2.05) is 39.8 Å². The molecule has 1 N–H and O–H groups in total. The van der Waals surface area contributed by atoms with E-state index in [-0.39, 0.29) is 42.3 Å². The number of esters is 2. The zero-order valence-electron chi connectivity index (χ0n) is 31.4. The molecule has 11 heteroatoms. The summed E-state index contributed by atoms with van der Waals surface area (Å²) in [5.41, 5.74) is -0.808. The van der Waals surface area contributed by atoms with Gasteiger partial charge in [0.1, 0.15) is 17.6 Å². The Hall–Kier alpha value is -2.18. The molecule has 13 atom stereocenters. The van der Waals surface area contributed by atoms with Crippen LogP contribution in [0.1, 0.15) is 94.4 Å². The first-order valence-electron chi connectivity index (χ1n) is 17.7. The van der Waals surface area contributed by atoms with Crippen molar-refractivity contribution in [3.63, 3.8) is 0 Å². The van der Waals surface area contributed by atoms with Crippen LogP contribution in [0.15, 0.2) is 17.1 Å². The second-order valence-corrected chi connectivity index (χ2v) is 15.2. The van der Waals surface area contributed by atoms with E-state index < -0.39 is 59.6 Å². The minimum atomic E-state index is -1.41. The van der Waals surface area contributed by atoms with Gasteiger partial charge in [-0.3, -0.25) is 19.4 Å². The van der Waals surface area contributed by atoms with E-state index in [0.717, 1.165) is 11.3 Å². The molecule has 3 aliphatic rings. The van der Waals surface area contributed by atoms with Crippen LogP contribution < -0.4 is 0 Å². The number of ketones is 1. The maximum atomic E-state index is 14.3. The number of aliphatic hydroxyl groups is 1. The lowest BCUT2D eigenvalue weighted by molar-refractivity contribution is -0.299. The molecular formula is C37H62N2O9. The van der Waals surface area contributed by atoms with Crippen LogP contribution in [0.2, 0.25) is 0 Å². The summed E-state index contributed by atoms with van der Waals surface area (Å²) >= 11 is 0. The number of hydrogen-bond donors (Lipinski definition) is 1. The Balaban J connectivity index is 2.27. The Morgan fingerprint density at radius 2 is 1.77 bits per heavy atom. The summed E-state index contributed by atoms with van der Waals surface area (Å²) in [6.07, 6.45) is -1.32. The SMILES string of the molecule is C=C1CC[C@@H]2[C@@H](C)C(=NC)[C@H](C)C[C@@](C)(OC1)[C@H](OC1OC(C)CC(N(C)C)[C@H]1OC(C)=O)[C@@H](C)C(=O)C(C)C(=O)O[C@H](CC)[C@@]2(C)O. The average molecular weight is 679 g/mol. The number of nitrogens with zero attached hydrogens (tertiary/aromatic N) is 2.